The number of rotatable bonds is 10. The Balaban J connectivity index is 0. The molecule has 0 radical (unpaired) electrons. The fourth-order valence-corrected chi connectivity index (χ4v) is 0.674. The molecule has 20 heavy (non-hydrogen) atoms. The van der Waals surface area contributed by atoms with Crippen LogP contribution < -0.4 is 0 Å². The normalized spacial score (nSPS) is 10.4. The van der Waals surface area contributed by atoms with Crippen molar-refractivity contribution in [1.29, 1.82) is 0 Å². The van der Waals surface area contributed by atoms with Crippen molar-refractivity contribution in [3.63, 3.8) is 0 Å². The molecule has 0 unspecified atom stereocenters. The van der Waals surface area contributed by atoms with Gasteiger partial charge in [0.1, 0.15) is 6.61 Å². The monoisotopic (exact) mass is 292 g/mol. The Hall–Kier alpha value is -0.950. The number of aliphatic hydroxyl groups is 2. The van der Waals surface area contributed by atoms with Crippen LogP contribution in [0.15, 0.2) is 12.7 Å². The van der Waals surface area contributed by atoms with Crippen molar-refractivity contribution in [3.8, 4) is 0 Å². The van der Waals surface area contributed by atoms with Crippen LogP contribution in [-0.2, 0) is 19.0 Å². The molecule has 0 saturated carbocycles. The highest BCUT2D eigenvalue weighted by molar-refractivity contribution is 5.81. The van der Waals surface area contributed by atoms with Gasteiger partial charge in [-0.1, -0.05) is 20.4 Å². The van der Waals surface area contributed by atoms with Gasteiger partial charge in [-0.2, -0.15) is 0 Å². The number of aliphatic hydroxyl groups excluding tert-OH is 2. The molecule has 6 heteroatoms. The number of hydrogen-bond acceptors (Lipinski definition) is 6. The van der Waals surface area contributed by atoms with Crippen LogP contribution in [0.25, 0.3) is 0 Å². The minimum absolute atomic E-state index is 0.0451. The number of esters is 1. The maximum Gasteiger partial charge on any atom is 0.330 e. The second-order valence-electron chi connectivity index (χ2n) is 4.66. The van der Waals surface area contributed by atoms with Crippen LogP contribution in [-0.4, -0.2) is 62.4 Å². The van der Waals surface area contributed by atoms with Crippen molar-refractivity contribution in [2.24, 2.45) is 5.41 Å². The van der Waals surface area contributed by atoms with Crippen LogP contribution >= 0.6 is 0 Å². The second kappa shape index (κ2) is 14.5. The van der Waals surface area contributed by atoms with E-state index in [9.17, 15) is 4.79 Å². The summed E-state index contributed by atoms with van der Waals surface area (Å²) in [5.41, 5.74) is -0.306. The first-order chi connectivity index (χ1) is 9.43. The molecule has 0 aromatic rings. The Morgan fingerprint density at radius 3 is 2.00 bits per heavy atom. The van der Waals surface area contributed by atoms with Gasteiger partial charge in [-0.05, 0) is 6.92 Å². The van der Waals surface area contributed by atoms with E-state index in [1.165, 1.54) is 0 Å². The molecule has 0 saturated heterocycles. The second-order valence-corrected chi connectivity index (χ2v) is 4.66. The van der Waals surface area contributed by atoms with Crippen molar-refractivity contribution >= 4 is 5.97 Å². The molecule has 0 bridgehead atoms. The molecule has 0 amide bonds. The first-order valence-corrected chi connectivity index (χ1v) is 6.60. The Labute approximate surface area is 121 Å². The first-order valence-electron chi connectivity index (χ1n) is 6.60. The summed E-state index contributed by atoms with van der Waals surface area (Å²) in [7, 11) is 0. The fraction of sp³-hybridized carbons (Fsp3) is 0.786. The quantitative estimate of drug-likeness (QED) is 0.351. The Bertz CT molecular complexity index is 234. The van der Waals surface area contributed by atoms with Crippen LogP contribution in [0.4, 0.5) is 0 Å². The highest BCUT2D eigenvalue weighted by Crippen LogP contribution is 2.10. The lowest BCUT2D eigenvalue weighted by Crippen LogP contribution is -2.20. The van der Waals surface area contributed by atoms with Gasteiger partial charge in [0.25, 0.3) is 0 Å². The summed E-state index contributed by atoms with van der Waals surface area (Å²) in [4.78, 5) is 10.5. The van der Waals surface area contributed by atoms with E-state index in [-0.39, 0.29) is 25.2 Å². The molecule has 0 aliphatic rings. The topological polar surface area (TPSA) is 85.2 Å². The minimum atomic E-state index is -0.423. The van der Waals surface area contributed by atoms with Gasteiger partial charge < -0.3 is 24.4 Å². The van der Waals surface area contributed by atoms with Crippen LogP contribution in [0.5, 0.6) is 0 Å². The Morgan fingerprint density at radius 1 is 1.10 bits per heavy atom. The van der Waals surface area contributed by atoms with E-state index in [4.69, 9.17) is 19.7 Å². The lowest BCUT2D eigenvalue weighted by Gasteiger charge is -2.16. The van der Waals surface area contributed by atoms with Gasteiger partial charge in [0.2, 0.25) is 0 Å². The summed E-state index contributed by atoms with van der Waals surface area (Å²) in [6.07, 6.45) is 1.13. The van der Waals surface area contributed by atoms with Gasteiger partial charge in [0, 0.05) is 18.1 Å². The SMILES string of the molecule is C=CC(=O)OCCOCCOCC.CC(C)(CO)CO. The Morgan fingerprint density at radius 2 is 1.60 bits per heavy atom. The molecular formula is C14H28O6. The molecule has 0 atom stereocenters. The number of carbonyl (C=O) groups excluding carboxylic acids is 1. The van der Waals surface area contributed by atoms with E-state index < -0.39 is 5.97 Å². The molecule has 0 aliphatic heterocycles. The molecule has 0 aromatic carbocycles. The number of ether oxygens (including phenoxy) is 3. The van der Waals surface area contributed by atoms with Crippen molar-refractivity contribution in [1.82, 2.24) is 0 Å². The van der Waals surface area contributed by atoms with Crippen LogP contribution in [0.2, 0.25) is 0 Å². The maximum atomic E-state index is 10.5. The third kappa shape index (κ3) is 17.1. The maximum absolute atomic E-state index is 10.5. The zero-order chi connectivity index (χ0) is 15.9. The summed E-state index contributed by atoms with van der Waals surface area (Å²) in [6.45, 7) is 11.3. The van der Waals surface area contributed by atoms with Crippen LogP contribution in [0.3, 0.4) is 0 Å². The Kier molecular flexibility index (Phi) is 15.4. The summed E-state index contributed by atoms with van der Waals surface area (Å²) in [5, 5.41) is 16.9. The average Bonchev–Trinajstić information content (AvgIpc) is 2.46. The largest absolute Gasteiger partial charge is 0.460 e. The molecular weight excluding hydrogens is 264 g/mol. The van der Waals surface area contributed by atoms with Crippen molar-refractivity contribution < 1.29 is 29.2 Å². The lowest BCUT2D eigenvalue weighted by molar-refractivity contribution is -0.139. The summed E-state index contributed by atoms with van der Waals surface area (Å²) in [6, 6.07) is 0. The van der Waals surface area contributed by atoms with Crippen molar-refractivity contribution in [2.75, 3.05) is 46.2 Å². The van der Waals surface area contributed by atoms with Crippen LogP contribution in [0, 0.1) is 5.41 Å². The molecule has 0 aromatic heterocycles. The molecule has 0 rings (SSSR count). The predicted molar refractivity (Wildman–Crippen MR) is 76.4 cm³/mol. The van der Waals surface area contributed by atoms with Gasteiger partial charge in [0.05, 0.1) is 33.0 Å². The molecule has 120 valence electrons. The zero-order valence-electron chi connectivity index (χ0n) is 12.8. The van der Waals surface area contributed by atoms with E-state index in [0.717, 1.165) is 6.08 Å². The summed E-state index contributed by atoms with van der Waals surface area (Å²) >= 11 is 0. The van der Waals surface area contributed by atoms with Gasteiger partial charge in [-0.3, -0.25) is 0 Å². The standard InChI is InChI=1S/C9H16O4.C5H12O2/c1-3-9(10)13-8-7-12-6-5-11-4-2;1-5(2,3-6)4-7/h3H,1,4-8H2,2H3;6-7H,3-4H2,1-2H3. The van der Waals surface area contributed by atoms with Crippen molar-refractivity contribution in [3.05, 3.63) is 12.7 Å². The van der Waals surface area contributed by atoms with Crippen LogP contribution in [0.1, 0.15) is 20.8 Å². The zero-order valence-corrected chi connectivity index (χ0v) is 12.8. The fourth-order valence-electron chi connectivity index (χ4n) is 0.674. The van der Waals surface area contributed by atoms with E-state index in [1.807, 2.05) is 6.92 Å². The van der Waals surface area contributed by atoms with Gasteiger partial charge in [-0.25, -0.2) is 4.79 Å². The van der Waals surface area contributed by atoms with E-state index in [0.29, 0.717) is 26.4 Å². The number of carbonyl (C=O) groups is 1. The molecule has 2 N–H and O–H groups in total. The number of hydrogen-bond donors (Lipinski definition) is 2. The van der Waals surface area contributed by atoms with E-state index in [2.05, 4.69) is 11.3 Å². The van der Waals surface area contributed by atoms with Gasteiger partial charge in [0.15, 0.2) is 0 Å². The average molecular weight is 292 g/mol. The third-order valence-corrected chi connectivity index (χ3v) is 2.07. The highest BCUT2D eigenvalue weighted by atomic mass is 16.6. The molecule has 0 aliphatic carbocycles. The smallest absolute Gasteiger partial charge is 0.330 e. The first kappa shape index (κ1) is 21.4. The molecule has 0 heterocycles. The molecule has 0 fully saturated rings. The highest BCUT2D eigenvalue weighted by Gasteiger charge is 2.13. The van der Waals surface area contributed by atoms with Gasteiger partial charge in [-0.15, -0.1) is 0 Å². The third-order valence-electron chi connectivity index (χ3n) is 2.07. The predicted octanol–water partition coefficient (Wildman–Crippen LogP) is 0.766. The van der Waals surface area contributed by atoms with Gasteiger partial charge >= 0.3 is 5.97 Å². The summed E-state index contributed by atoms with van der Waals surface area (Å²) < 4.78 is 14.8. The lowest BCUT2D eigenvalue weighted by atomic mass is 9.97. The van der Waals surface area contributed by atoms with E-state index in [1.54, 1.807) is 13.8 Å². The summed E-state index contributed by atoms with van der Waals surface area (Å²) in [5.74, 6) is -0.423. The van der Waals surface area contributed by atoms with E-state index >= 15 is 0 Å². The molecule has 0 spiro atoms. The van der Waals surface area contributed by atoms with Crippen molar-refractivity contribution in [2.45, 2.75) is 20.8 Å². The molecule has 6 nitrogen and oxygen atoms in total. The minimum Gasteiger partial charge on any atom is -0.460 e.